The molecule has 0 saturated carbocycles. The minimum absolute atomic E-state index is 0.263. The zero-order valence-corrected chi connectivity index (χ0v) is 9.72. The van der Waals surface area contributed by atoms with E-state index in [0.717, 1.165) is 27.9 Å². The molecule has 0 spiro atoms. The van der Waals surface area contributed by atoms with Crippen LogP contribution in [0.2, 0.25) is 0 Å². The molecule has 4 N–H and O–H groups in total. The van der Waals surface area contributed by atoms with E-state index >= 15 is 0 Å². The van der Waals surface area contributed by atoms with Crippen molar-refractivity contribution in [1.29, 1.82) is 0 Å². The Bertz CT molecular complexity index is 686. The van der Waals surface area contributed by atoms with Crippen LogP contribution >= 0.6 is 0 Å². The summed E-state index contributed by atoms with van der Waals surface area (Å²) in [6.07, 6.45) is 1.78. The number of fused-ring (bicyclic) bond motifs is 1. The second-order valence-electron chi connectivity index (χ2n) is 4.21. The summed E-state index contributed by atoms with van der Waals surface area (Å²) in [5.74, 6) is 0.263. The Morgan fingerprint density at radius 2 is 2.06 bits per heavy atom. The van der Waals surface area contributed by atoms with Crippen LogP contribution in [-0.2, 0) is 6.54 Å². The van der Waals surface area contributed by atoms with Crippen molar-refractivity contribution in [1.82, 2.24) is 9.97 Å². The molecule has 0 atom stereocenters. The van der Waals surface area contributed by atoms with Crippen molar-refractivity contribution in [3.05, 3.63) is 48.2 Å². The maximum atomic E-state index is 9.43. The second-order valence-corrected chi connectivity index (χ2v) is 4.21. The van der Waals surface area contributed by atoms with Gasteiger partial charge in [0.15, 0.2) is 0 Å². The van der Waals surface area contributed by atoms with E-state index in [9.17, 15) is 5.11 Å². The van der Waals surface area contributed by atoms with Crippen LogP contribution in [0.3, 0.4) is 0 Å². The van der Waals surface area contributed by atoms with Gasteiger partial charge in [-0.05, 0) is 35.9 Å². The lowest BCUT2D eigenvalue weighted by Gasteiger charge is -1.98. The molecule has 2 heterocycles. The van der Waals surface area contributed by atoms with Crippen LogP contribution in [0.4, 0.5) is 0 Å². The zero-order valence-electron chi connectivity index (χ0n) is 9.72. The Kier molecular flexibility index (Phi) is 2.50. The van der Waals surface area contributed by atoms with Gasteiger partial charge in [-0.2, -0.15) is 0 Å². The number of hydrogen-bond donors (Lipinski definition) is 3. The van der Waals surface area contributed by atoms with Crippen LogP contribution < -0.4 is 5.73 Å². The first-order valence-corrected chi connectivity index (χ1v) is 5.73. The Hall–Kier alpha value is -2.33. The quantitative estimate of drug-likeness (QED) is 0.642. The van der Waals surface area contributed by atoms with Gasteiger partial charge in [0.05, 0.1) is 11.4 Å². The number of aromatic nitrogens is 2. The molecular formula is C14H13N3O. The van der Waals surface area contributed by atoms with E-state index in [1.807, 2.05) is 24.3 Å². The summed E-state index contributed by atoms with van der Waals surface area (Å²) in [6.45, 7) is 0.494. The molecular weight excluding hydrogens is 226 g/mol. The fourth-order valence-electron chi connectivity index (χ4n) is 1.96. The van der Waals surface area contributed by atoms with E-state index in [2.05, 4.69) is 9.97 Å². The molecule has 18 heavy (non-hydrogen) atoms. The van der Waals surface area contributed by atoms with E-state index in [-0.39, 0.29) is 5.75 Å². The summed E-state index contributed by atoms with van der Waals surface area (Å²) in [4.78, 5) is 7.64. The SMILES string of the molecule is NCc1ccc(-c2cc3cc(O)ccc3[nH]2)nc1. The summed E-state index contributed by atoms with van der Waals surface area (Å²) in [7, 11) is 0. The normalized spacial score (nSPS) is 10.9. The van der Waals surface area contributed by atoms with E-state index in [1.54, 1.807) is 18.3 Å². The van der Waals surface area contributed by atoms with E-state index < -0.39 is 0 Å². The minimum Gasteiger partial charge on any atom is -0.508 e. The fraction of sp³-hybridized carbons (Fsp3) is 0.0714. The Morgan fingerprint density at radius 1 is 1.17 bits per heavy atom. The van der Waals surface area contributed by atoms with Crippen molar-refractivity contribution in [2.45, 2.75) is 6.54 Å². The summed E-state index contributed by atoms with van der Waals surface area (Å²) in [6, 6.07) is 11.1. The van der Waals surface area contributed by atoms with Crippen molar-refractivity contribution < 1.29 is 5.11 Å². The third-order valence-corrected chi connectivity index (χ3v) is 2.94. The summed E-state index contributed by atoms with van der Waals surface area (Å²) < 4.78 is 0. The van der Waals surface area contributed by atoms with Crippen LogP contribution in [0.25, 0.3) is 22.3 Å². The van der Waals surface area contributed by atoms with Gasteiger partial charge in [0.2, 0.25) is 0 Å². The lowest BCUT2D eigenvalue weighted by molar-refractivity contribution is 0.476. The number of aromatic hydroxyl groups is 1. The van der Waals surface area contributed by atoms with Crippen LogP contribution in [-0.4, -0.2) is 15.1 Å². The highest BCUT2D eigenvalue weighted by atomic mass is 16.3. The van der Waals surface area contributed by atoms with Crippen molar-refractivity contribution in [3.8, 4) is 17.1 Å². The van der Waals surface area contributed by atoms with Crippen molar-refractivity contribution >= 4 is 10.9 Å². The van der Waals surface area contributed by atoms with Gasteiger partial charge in [0.1, 0.15) is 5.75 Å². The number of H-pyrrole nitrogens is 1. The zero-order chi connectivity index (χ0) is 12.5. The molecule has 1 aromatic carbocycles. The van der Waals surface area contributed by atoms with Crippen LogP contribution in [0.1, 0.15) is 5.56 Å². The monoisotopic (exact) mass is 239 g/mol. The van der Waals surface area contributed by atoms with Gasteiger partial charge in [-0.3, -0.25) is 4.98 Å². The molecule has 0 aliphatic rings. The van der Waals surface area contributed by atoms with Gasteiger partial charge in [0.25, 0.3) is 0 Å². The summed E-state index contributed by atoms with van der Waals surface area (Å²) in [5, 5.41) is 10.4. The maximum Gasteiger partial charge on any atom is 0.116 e. The smallest absolute Gasteiger partial charge is 0.116 e. The molecule has 3 aromatic rings. The molecule has 3 rings (SSSR count). The largest absolute Gasteiger partial charge is 0.508 e. The maximum absolute atomic E-state index is 9.43. The first-order chi connectivity index (χ1) is 8.76. The molecule has 0 bridgehead atoms. The van der Waals surface area contributed by atoms with Crippen LogP contribution in [0, 0.1) is 0 Å². The number of phenols is 1. The second kappa shape index (κ2) is 4.16. The molecule has 0 aliphatic carbocycles. The van der Waals surface area contributed by atoms with E-state index in [4.69, 9.17) is 5.73 Å². The van der Waals surface area contributed by atoms with Crippen molar-refractivity contribution in [2.24, 2.45) is 5.73 Å². The number of nitrogens with two attached hydrogens (primary N) is 1. The molecule has 4 nitrogen and oxygen atoms in total. The first-order valence-electron chi connectivity index (χ1n) is 5.73. The highest BCUT2D eigenvalue weighted by Crippen LogP contribution is 2.25. The first kappa shape index (κ1) is 10.8. The molecule has 0 fully saturated rings. The van der Waals surface area contributed by atoms with Crippen molar-refractivity contribution in [3.63, 3.8) is 0 Å². The number of pyridine rings is 1. The lowest BCUT2D eigenvalue weighted by atomic mass is 10.2. The number of nitrogens with zero attached hydrogens (tertiary/aromatic N) is 1. The van der Waals surface area contributed by atoms with Gasteiger partial charge < -0.3 is 15.8 Å². The fourth-order valence-corrected chi connectivity index (χ4v) is 1.96. The summed E-state index contributed by atoms with van der Waals surface area (Å²) in [5.41, 5.74) is 9.32. The molecule has 0 aliphatic heterocycles. The molecule has 0 unspecified atom stereocenters. The predicted molar refractivity (Wildman–Crippen MR) is 71.1 cm³/mol. The van der Waals surface area contributed by atoms with Gasteiger partial charge in [0, 0.05) is 23.6 Å². The number of phenolic OH excluding ortho intramolecular Hbond substituents is 1. The standard InChI is InChI=1S/C14H13N3O/c15-7-9-1-3-13(16-8-9)14-6-10-5-11(18)2-4-12(10)17-14/h1-6,8,17-18H,7,15H2. The van der Waals surface area contributed by atoms with Crippen LogP contribution in [0.15, 0.2) is 42.6 Å². The Balaban J connectivity index is 2.07. The number of hydrogen-bond acceptors (Lipinski definition) is 3. The molecule has 90 valence electrons. The molecule has 0 saturated heterocycles. The Labute approximate surface area is 104 Å². The number of rotatable bonds is 2. The van der Waals surface area contributed by atoms with Crippen LogP contribution in [0.5, 0.6) is 5.75 Å². The molecule has 0 amide bonds. The lowest BCUT2D eigenvalue weighted by Crippen LogP contribution is -1.96. The highest BCUT2D eigenvalue weighted by Gasteiger charge is 2.05. The van der Waals surface area contributed by atoms with Gasteiger partial charge in [-0.1, -0.05) is 6.07 Å². The average Bonchev–Trinajstić information content (AvgIpc) is 2.81. The van der Waals surface area contributed by atoms with E-state index in [0.29, 0.717) is 6.54 Å². The van der Waals surface area contributed by atoms with E-state index in [1.165, 1.54) is 0 Å². The minimum atomic E-state index is 0.263. The topological polar surface area (TPSA) is 74.9 Å². The number of nitrogens with one attached hydrogen (secondary N) is 1. The molecule has 4 heteroatoms. The third-order valence-electron chi connectivity index (χ3n) is 2.94. The Morgan fingerprint density at radius 3 is 2.78 bits per heavy atom. The number of aromatic amines is 1. The van der Waals surface area contributed by atoms with Crippen molar-refractivity contribution in [2.75, 3.05) is 0 Å². The van der Waals surface area contributed by atoms with Gasteiger partial charge in [-0.25, -0.2) is 0 Å². The van der Waals surface area contributed by atoms with Gasteiger partial charge in [-0.15, -0.1) is 0 Å². The third kappa shape index (κ3) is 1.83. The molecule has 2 aromatic heterocycles. The average molecular weight is 239 g/mol. The highest BCUT2D eigenvalue weighted by molar-refractivity contribution is 5.86. The summed E-state index contributed by atoms with van der Waals surface area (Å²) >= 11 is 0. The van der Waals surface area contributed by atoms with Gasteiger partial charge >= 0.3 is 0 Å². The predicted octanol–water partition coefficient (Wildman–Crippen LogP) is 2.39. The molecule has 0 radical (unpaired) electrons. The number of benzene rings is 1.